The lowest BCUT2D eigenvalue weighted by atomic mass is 10.1. The molecule has 0 heterocycles. The second kappa shape index (κ2) is 54.4. The molecule has 0 bridgehead atoms. The van der Waals surface area contributed by atoms with Crippen molar-refractivity contribution in [2.45, 2.75) is 187 Å². The van der Waals surface area contributed by atoms with Crippen molar-refractivity contribution in [1.82, 2.24) is 0 Å². The van der Waals surface area contributed by atoms with Crippen molar-refractivity contribution in [3.63, 3.8) is 0 Å². The Morgan fingerprint density at radius 2 is 0.662 bits per heavy atom. The zero-order valence-electron chi connectivity index (χ0n) is 42.8. The summed E-state index contributed by atoms with van der Waals surface area (Å²) < 4.78 is 16.7. The Labute approximate surface area is 415 Å². The molecule has 0 saturated carbocycles. The van der Waals surface area contributed by atoms with E-state index in [1.54, 1.807) is 0 Å². The first-order chi connectivity index (χ1) is 33.5. The van der Waals surface area contributed by atoms with Gasteiger partial charge >= 0.3 is 17.9 Å². The van der Waals surface area contributed by atoms with Crippen LogP contribution in [0.2, 0.25) is 0 Å². The predicted octanol–water partition coefficient (Wildman–Crippen LogP) is 17.6. The smallest absolute Gasteiger partial charge is 0.306 e. The number of esters is 3. The first-order valence-corrected chi connectivity index (χ1v) is 26.2. The maximum Gasteiger partial charge on any atom is 0.306 e. The number of rotatable bonds is 44. The van der Waals surface area contributed by atoms with Gasteiger partial charge in [-0.1, -0.05) is 223 Å². The molecule has 0 aromatic rings. The zero-order chi connectivity index (χ0) is 49.3. The third-order valence-corrected chi connectivity index (χ3v) is 10.1. The van der Waals surface area contributed by atoms with E-state index in [-0.39, 0.29) is 31.6 Å². The van der Waals surface area contributed by atoms with Crippen LogP contribution in [0.5, 0.6) is 0 Å². The van der Waals surface area contributed by atoms with Crippen LogP contribution in [0.25, 0.3) is 0 Å². The van der Waals surface area contributed by atoms with E-state index in [1.165, 1.54) is 6.42 Å². The molecule has 0 N–H and O–H groups in total. The fraction of sp³-hybridized carbons (Fsp3) is 0.500. The van der Waals surface area contributed by atoms with Crippen LogP contribution in [0.4, 0.5) is 0 Å². The molecule has 0 amide bonds. The van der Waals surface area contributed by atoms with Crippen LogP contribution in [0.1, 0.15) is 181 Å². The maximum atomic E-state index is 12.8. The summed E-state index contributed by atoms with van der Waals surface area (Å²) in [5.74, 6) is -1.09. The lowest BCUT2D eigenvalue weighted by Crippen LogP contribution is -2.30. The van der Waals surface area contributed by atoms with Crippen molar-refractivity contribution >= 4 is 17.9 Å². The highest BCUT2D eigenvalue weighted by molar-refractivity contribution is 5.71. The summed E-state index contributed by atoms with van der Waals surface area (Å²) in [5, 5.41) is 0. The Kier molecular flexibility index (Phi) is 50.2. The summed E-state index contributed by atoms with van der Waals surface area (Å²) >= 11 is 0. The van der Waals surface area contributed by atoms with Crippen LogP contribution < -0.4 is 0 Å². The molecule has 1 atom stereocenters. The SMILES string of the molecule is CC/C=C\C/C=C\C/C=C\C/C=C\C/C=C\CCC(=O)OC(COC(=O)CCCCC/C=C\C/C=C\C/C=C\C/C=C\CC)COC(=O)CCCCCCC\C=C/C=C\C=C/C=C\C=C/CCC. The molecular weight excluding hydrogens is 841 g/mol. The van der Waals surface area contributed by atoms with Crippen molar-refractivity contribution in [3.8, 4) is 0 Å². The first kappa shape index (κ1) is 62.8. The number of allylic oxidation sites excluding steroid dienone is 28. The normalized spacial score (nSPS) is 13.5. The van der Waals surface area contributed by atoms with E-state index in [9.17, 15) is 14.4 Å². The first-order valence-electron chi connectivity index (χ1n) is 26.2. The number of hydrogen-bond acceptors (Lipinski definition) is 6. The molecule has 6 nitrogen and oxygen atoms in total. The van der Waals surface area contributed by atoms with Crippen molar-refractivity contribution in [1.29, 1.82) is 0 Å². The second-order valence-corrected chi connectivity index (χ2v) is 16.4. The Balaban J connectivity index is 4.65. The number of carbonyl (C=O) groups excluding carboxylic acids is 3. The Hall–Kier alpha value is -5.23. The highest BCUT2D eigenvalue weighted by Crippen LogP contribution is 2.11. The van der Waals surface area contributed by atoms with Crippen molar-refractivity contribution in [3.05, 3.63) is 170 Å². The lowest BCUT2D eigenvalue weighted by Gasteiger charge is -2.18. The van der Waals surface area contributed by atoms with E-state index in [0.29, 0.717) is 19.3 Å². The van der Waals surface area contributed by atoms with Crippen LogP contribution in [0, 0.1) is 0 Å². The van der Waals surface area contributed by atoms with Gasteiger partial charge in [-0.15, -0.1) is 0 Å². The van der Waals surface area contributed by atoms with E-state index in [1.807, 2.05) is 48.6 Å². The zero-order valence-corrected chi connectivity index (χ0v) is 42.8. The summed E-state index contributed by atoms with van der Waals surface area (Å²) in [6.45, 7) is 6.18. The molecule has 0 radical (unpaired) electrons. The van der Waals surface area contributed by atoms with E-state index in [0.717, 1.165) is 128 Å². The minimum Gasteiger partial charge on any atom is -0.462 e. The van der Waals surface area contributed by atoms with Gasteiger partial charge in [0.2, 0.25) is 0 Å². The van der Waals surface area contributed by atoms with Gasteiger partial charge in [0.15, 0.2) is 6.10 Å². The van der Waals surface area contributed by atoms with Crippen LogP contribution in [0.15, 0.2) is 170 Å². The predicted molar refractivity (Wildman–Crippen MR) is 292 cm³/mol. The summed E-state index contributed by atoms with van der Waals surface area (Å²) in [6, 6.07) is 0. The van der Waals surface area contributed by atoms with Gasteiger partial charge in [-0.05, 0) is 109 Å². The molecular formula is C62H92O6. The Morgan fingerprint density at radius 1 is 0.324 bits per heavy atom. The molecule has 0 aromatic carbocycles. The molecule has 0 fully saturated rings. The summed E-state index contributed by atoms with van der Waals surface area (Å²) in [6.07, 6.45) is 80.5. The minimum absolute atomic E-state index is 0.141. The molecule has 6 heteroatoms. The molecule has 1 unspecified atom stereocenters. The van der Waals surface area contributed by atoms with Gasteiger partial charge in [-0.3, -0.25) is 14.4 Å². The largest absolute Gasteiger partial charge is 0.462 e. The van der Waals surface area contributed by atoms with Gasteiger partial charge in [0.1, 0.15) is 13.2 Å². The Morgan fingerprint density at radius 3 is 1.10 bits per heavy atom. The quantitative estimate of drug-likeness (QED) is 0.0199. The van der Waals surface area contributed by atoms with E-state index >= 15 is 0 Å². The van der Waals surface area contributed by atoms with Gasteiger partial charge in [-0.2, -0.15) is 0 Å². The average molecular weight is 933 g/mol. The third-order valence-electron chi connectivity index (χ3n) is 10.1. The monoisotopic (exact) mass is 933 g/mol. The molecule has 0 spiro atoms. The molecule has 0 aromatic heterocycles. The molecule has 0 aliphatic rings. The van der Waals surface area contributed by atoms with Gasteiger partial charge in [-0.25, -0.2) is 0 Å². The average Bonchev–Trinajstić information content (AvgIpc) is 3.34. The van der Waals surface area contributed by atoms with Crippen LogP contribution in [-0.4, -0.2) is 37.2 Å². The maximum absolute atomic E-state index is 12.8. The number of ether oxygens (including phenoxy) is 3. The molecule has 376 valence electrons. The second-order valence-electron chi connectivity index (χ2n) is 16.4. The van der Waals surface area contributed by atoms with Gasteiger partial charge in [0, 0.05) is 19.3 Å². The highest BCUT2D eigenvalue weighted by atomic mass is 16.6. The summed E-state index contributed by atoms with van der Waals surface area (Å²) in [7, 11) is 0. The topological polar surface area (TPSA) is 78.9 Å². The summed E-state index contributed by atoms with van der Waals surface area (Å²) in [5.41, 5.74) is 0. The van der Waals surface area contributed by atoms with Gasteiger partial charge in [0.25, 0.3) is 0 Å². The Bertz CT molecular complexity index is 1640. The van der Waals surface area contributed by atoms with Crippen LogP contribution in [-0.2, 0) is 28.6 Å². The fourth-order valence-electron chi connectivity index (χ4n) is 6.22. The standard InChI is InChI=1S/C62H92O6/c1-4-7-10-13-16-19-22-25-28-31-32-35-37-40-43-46-49-52-55-61(64)67-58-59(68-62(65)56-53-50-47-44-41-38-34-30-27-24-21-18-15-12-9-6-3)57-66-60(63)54-51-48-45-42-39-36-33-29-26-23-20-17-14-11-8-5-2/h8-13,16-22,25-32,35-36,38-39,41,47,50,59H,4-7,14-15,23-24,33-34,37,40,42-46,48-49,51-58H2,1-3H3/b11-8-,12-9-,13-10-,19-16-,20-17-,21-18-,25-22-,29-26-,30-27-,31-28-,35-32-,39-36-,41-38-,50-47-. The number of carbonyl (C=O) groups is 3. The molecule has 68 heavy (non-hydrogen) atoms. The van der Waals surface area contributed by atoms with Crippen molar-refractivity contribution in [2.24, 2.45) is 0 Å². The van der Waals surface area contributed by atoms with Gasteiger partial charge < -0.3 is 14.2 Å². The number of unbranched alkanes of at least 4 members (excludes halogenated alkanes) is 9. The summed E-state index contributed by atoms with van der Waals surface area (Å²) in [4.78, 5) is 38.0. The number of hydrogen-bond donors (Lipinski definition) is 0. The third kappa shape index (κ3) is 51.7. The molecule has 0 aliphatic carbocycles. The van der Waals surface area contributed by atoms with Gasteiger partial charge in [0.05, 0.1) is 0 Å². The fourth-order valence-corrected chi connectivity index (χ4v) is 6.22. The van der Waals surface area contributed by atoms with E-state index < -0.39 is 12.1 Å². The van der Waals surface area contributed by atoms with Crippen LogP contribution in [0.3, 0.4) is 0 Å². The lowest BCUT2D eigenvalue weighted by molar-refractivity contribution is -0.166. The van der Waals surface area contributed by atoms with Crippen molar-refractivity contribution < 1.29 is 28.6 Å². The van der Waals surface area contributed by atoms with Crippen molar-refractivity contribution in [2.75, 3.05) is 13.2 Å². The highest BCUT2D eigenvalue weighted by Gasteiger charge is 2.19. The molecule has 0 aliphatic heterocycles. The van der Waals surface area contributed by atoms with E-state index in [2.05, 4.69) is 142 Å². The molecule has 0 rings (SSSR count). The van der Waals surface area contributed by atoms with Crippen LogP contribution >= 0.6 is 0 Å². The minimum atomic E-state index is -0.851. The van der Waals surface area contributed by atoms with E-state index in [4.69, 9.17) is 14.2 Å². The molecule has 0 saturated heterocycles.